The summed E-state index contributed by atoms with van der Waals surface area (Å²) in [6.45, 7) is 2.55. The summed E-state index contributed by atoms with van der Waals surface area (Å²) in [4.78, 5) is 1.83. The highest BCUT2D eigenvalue weighted by atomic mass is 32.2. The molecule has 0 spiro atoms. The fraction of sp³-hybridized carbons (Fsp3) is 0.308. The van der Waals surface area contributed by atoms with E-state index in [-0.39, 0.29) is 10.7 Å². The van der Waals surface area contributed by atoms with E-state index in [4.69, 9.17) is 5.73 Å². The number of hydrogen-bond acceptors (Lipinski definition) is 5. The highest BCUT2D eigenvalue weighted by Crippen LogP contribution is 2.31. The first kappa shape index (κ1) is 14.4. The number of nitrogens with two attached hydrogens (primary N) is 1. The number of nitrogens with zero attached hydrogens (tertiary/aromatic N) is 3. The first-order valence-electron chi connectivity index (χ1n) is 6.21. The number of rotatable bonds is 4. The summed E-state index contributed by atoms with van der Waals surface area (Å²) < 4.78 is 25.4. The number of aromatic nitrogens is 2. The van der Waals surface area contributed by atoms with Gasteiger partial charge in [0.05, 0.1) is 5.69 Å². The largest absolute Gasteiger partial charge is 0.382 e. The third-order valence-corrected chi connectivity index (χ3v) is 4.20. The van der Waals surface area contributed by atoms with Crippen LogP contribution in [0.5, 0.6) is 0 Å². The van der Waals surface area contributed by atoms with Crippen molar-refractivity contribution in [2.24, 2.45) is 0 Å². The van der Waals surface area contributed by atoms with Gasteiger partial charge in [-0.15, -0.1) is 5.10 Å². The SMILES string of the molecule is CCN(C)c1nn(-c2ccccc2)c(N)c1S(C)(=O)=O. The van der Waals surface area contributed by atoms with Crippen molar-refractivity contribution in [3.63, 3.8) is 0 Å². The molecule has 2 N–H and O–H groups in total. The number of sulfone groups is 1. The van der Waals surface area contributed by atoms with Gasteiger partial charge in [0.2, 0.25) is 0 Å². The van der Waals surface area contributed by atoms with E-state index in [1.54, 1.807) is 11.9 Å². The zero-order valence-electron chi connectivity index (χ0n) is 11.7. The summed E-state index contributed by atoms with van der Waals surface area (Å²) in [7, 11) is -1.67. The van der Waals surface area contributed by atoms with Gasteiger partial charge in [-0.3, -0.25) is 0 Å². The topological polar surface area (TPSA) is 81.2 Å². The Labute approximate surface area is 118 Å². The summed E-state index contributed by atoms with van der Waals surface area (Å²) in [5, 5.41) is 4.36. The Morgan fingerprint density at radius 3 is 2.40 bits per heavy atom. The van der Waals surface area contributed by atoms with Gasteiger partial charge in [-0.25, -0.2) is 13.1 Å². The monoisotopic (exact) mass is 294 g/mol. The second-order valence-electron chi connectivity index (χ2n) is 4.57. The molecule has 108 valence electrons. The Bertz CT molecular complexity index is 707. The molecule has 0 saturated heterocycles. The van der Waals surface area contributed by atoms with E-state index in [0.29, 0.717) is 12.4 Å². The summed E-state index contributed by atoms with van der Waals surface area (Å²) in [5.74, 6) is 0.505. The van der Waals surface area contributed by atoms with Crippen LogP contribution in [0.2, 0.25) is 0 Å². The minimum absolute atomic E-state index is 0.0747. The second-order valence-corrected chi connectivity index (χ2v) is 6.52. The summed E-state index contributed by atoms with van der Waals surface area (Å²) >= 11 is 0. The first-order valence-corrected chi connectivity index (χ1v) is 8.10. The standard InChI is InChI=1S/C13H18N4O2S/c1-4-16(2)13-11(20(3,18)19)12(14)17(15-13)10-8-6-5-7-9-10/h5-9H,4,14H2,1-3H3. The maximum Gasteiger partial charge on any atom is 0.182 e. The van der Waals surface area contributed by atoms with Gasteiger partial charge in [-0.1, -0.05) is 18.2 Å². The Kier molecular flexibility index (Phi) is 3.71. The molecule has 0 bridgehead atoms. The molecule has 2 rings (SSSR count). The van der Waals surface area contributed by atoms with Gasteiger partial charge < -0.3 is 10.6 Å². The lowest BCUT2D eigenvalue weighted by atomic mass is 10.3. The van der Waals surface area contributed by atoms with E-state index in [1.807, 2.05) is 37.3 Å². The fourth-order valence-electron chi connectivity index (χ4n) is 1.93. The lowest BCUT2D eigenvalue weighted by Gasteiger charge is -2.14. The Balaban J connectivity index is 2.72. The maximum atomic E-state index is 12.0. The zero-order chi connectivity index (χ0) is 14.9. The van der Waals surface area contributed by atoms with Gasteiger partial charge in [-0.2, -0.15) is 0 Å². The Hall–Kier alpha value is -2.02. The molecule has 1 aromatic carbocycles. The molecule has 0 saturated carbocycles. The highest BCUT2D eigenvalue weighted by molar-refractivity contribution is 7.91. The molecule has 1 aromatic heterocycles. The summed E-state index contributed by atoms with van der Waals surface area (Å²) in [6.07, 6.45) is 1.14. The zero-order valence-corrected chi connectivity index (χ0v) is 12.6. The van der Waals surface area contributed by atoms with Gasteiger partial charge in [-0.05, 0) is 19.1 Å². The van der Waals surface area contributed by atoms with Gasteiger partial charge in [0.15, 0.2) is 20.6 Å². The van der Waals surface area contributed by atoms with E-state index >= 15 is 0 Å². The Morgan fingerprint density at radius 1 is 1.30 bits per heavy atom. The smallest absolute Gasteiger partial charge is 0.182 e. The van der Waals surface area contributed by atoms with Crippen LogP contribution in [0.1, 0.15) is 6.92 Å². The van der Waals surface area contributed by atoms with Crippen LogP contribution in [0.25, 0.3) is 5.69 Å². The lowest BCUT2D eigenvalue weighted by molar-refractivity contribution is 0.602. The van der Waals surface area contributed by atoms with Crippen LogP contribution < -0.4 is 10.6 Å². The van der Waals surface area contributed by atoms with Crippen molar-refractivity contribution in [2.75, 3.05) is 30.5 Å². The summed E-state index contributed by atoms with van der Waals surface area (Å²) in [6, 6.07) is 9.22. The molecular weight excluding hydrogens is 276 g/mol. The fourth-order valence-corrected chi connectivity index (χ4v) is 2.92. The van der Waals surface area contributed by atoms with Crippen LogP contribution in [-0.4, -0.2) is 38.0 Å². The van der Waals surface area contributed by atoms with Crippen LogP contribution >= 0.6 is 0 Å². The second kappa shape index (κ2) is 5.16. The average Bonchev–Trinajstić information content (AvgIpc) is 2.76. The van der Waals surface area contributed by atoms with E-state index in [2.05, 4.69) is 5.10 Å². The number of anilines is 2. The van der Waals surface area contributed by atoms with Gasteiger partial charge in [0.1, 0.15) is 5.82 Å². The van der Waals surface area contributed by atoms with Crippen molar-refractivity contribution in [1.29, 1.82) is 0 Å². The van der Waals surface area contributed by atoms with Crippen LogP contribution in [-0.2, 0) is 9.84 Å². The van der Waals surface area contributed by atoms with Gasteiger partial charge >= 0.3 is 0 Å². The van der Waals surface area contributed by atoms with Gasteiger partial charge in [0, 0.05) is 19.8 Å². The van der Waals surface area contributed by atoms with E-state index in [9.17, 15) is 8.42 Å². The molecule has 0 fully saturated rings. The molecule has 0 aliphatic carbocycles. The maximum absolute atomic E-state index is 12.0. The molecule has 2 aromatic rings. The molecule has 6 nitrogen and oxygen atoms in total. The molecule has 1 heterocycles. The average molecular weight is 294 g/mol. The van der Waals surface area contributed by atoms with E-state index < -0.39 is 9.84 Å². The quantitative estimate of drug-likeness (QED) is 0.919. The molecule has 0 atom stereocenters. The number of benzene rings is 1. The minimum Gasteiger partial charge on any atom is -0.382 e. The molecule has 0 aliphatic rings. The molecule has 20 heavy (non-hydrogen) atoms. The third kappa shape index (κ3) is 2.49. The molecule has 0 aliphatic heterocycles. The van der Waals surface area contributed by atoms with Crippen molar-refractivity contribution in [3.8, 4) is 5.69 Å². The third-order valence-electron chi connectivity index (χ3n) is 3.07. The first-order chi connectivity index (χ1) is 9.36. The minimum atomic E-state index is -3.46. The van der Waals surface area contributed by atoms with Crippen LogP contribution in [0.4, 0.5) is 11.6 Å². The predicted molar refractivity (Wildman–Crippen MR) is 80.0 cm³/mol. The predicted octanol–water partition coefficient (Wildman–Crippen LogP) is 1.31. The van der Waals surface area contributed by atoms with Gasteiger partial charge in [0.25, 0.3) is 0 Å². The van der Waals surface area contributed by atoms with E-state index in [1.165, 1.54) is 4.68 Å². The number of para-hydroxylation sites is 1. The number of hydrogen-bond donors (Lipinski definition) is 1. The van der Waals surface area contributed by atoms with Crippen molar-refractivity contribution in [3.05, 3.63) is 30.3 Å². The normalized spacial score (nSPS) is 11.6. The van der Waals surface area contributed by atoms with Crippen molar-refractivity contribution >= 4 is 21.5 Å². The van der Waals surface area contributed by atoms with Crippen molar-refractivity contribution in [2.45, 2.75) is 11.8 Å². The lowest BCUT2D eigenvalue weighted by Crippen LogP contribution is -2.19. The molecule has 0 radical (unpaired) electrons. The molecule has 7 heteroatoms. The van der Waals surface area contributed by atoms with E-state index in [0.717, 1.165) is 11.9 Å². The summed E-state index contributed by atoms with van der Waals surface area (Å²) in [5.41, 5.74) is 6.74. The van der Waals surface area contributed by atoms with Crippen LogP contribution in [0.3, 0.4) is 0 Å². The van der Waals surface area contributed by atoms with Crippen LogP contribution in [0.15, 0.2) is 35.2 Å². The molecule has 0 unspecified atom stereocenters. The highest BCUT2D eigenvalue weighted by Gasteiger charge is 2.26. The van der Waals surface area contributed by atoms with Crippen LogP contribution in [0, 0.1) is 0 Å². The van der Waals surface area contributed by atoms with Crippen molar-refractivity contribution in [1.82, 2.24) is 9.78 Å². The molecule has 0 amide bonds. The molecular formula is C13H18N4O2S. The van der Waals surface area contributed by atoms with Crippen molar-refractivity contribution < 1.29 is 8.42 Å². The number of nitrogen functional groups attached to an aromatic ring is 1. The Morgan fingerprint density at radius 2 is 1.90 bits per heavy atom.